The van der Waals surface area contributed by atoms with Crippen molar-refractivity contribution in [3.05, 3.63) is 52.3 Å². The lowest BCUT2D eigenvalue weighted by molar-refractivity contribution is 0.474. The fourth-order valence-corrected chi connectivity index (χ4v) is 1.41. The zero-order chi connectivity index (χ0) is 11.5. The maximum absolute atomic E-state index is 11.4. The molecule has 2 aromatic rings. The molecule has 5 heteroatoms. The first-order valence-corrected chi connectivity index (χ1v) is 4.77. The second kappa shape index (κ2) is 4.06. The van der Waals surface area contributed by atoms with Crippen molar-refractivity contribution >= 4 is 5.82 Å². The molecular formula is C11H11N3O2. The van der Waals surface area contributed by atoms with Gasteiger partial charge in [0.25, 0.3) is 5.56 Å². The van der Waals surface area contributed by atoms with E-state index in [4.69, 9.17) is 5.73 Å². The van der Waals surface area contributed by atoms with Crippen molar-refractivity contribution < 1.29 is 5.11 Å². The lowest BCUT2D eigenvalue weighted by atomic mass is 10.2. The van der Waals surface area contributed by atoms with Crippen LogP contribution < -0.4 is 11.3 Å². The summed E-state index contributed by atoms with van der Waals surface area (Å²) in [5.74, 6) is 0.453. The van der Waals surface area contributed by atoms with Gasteiger partial charge in [-0.05, 0) is 23.8 Å². The average Bonchev–Trinajstić information content (AvgIpc) is 2.24. The lowest BCUT2D eigenvalue weighted by Gasteiger charge is -2.05. The Kier molecular flexibility index (Phi) is 2.59. The summed E-state index contributed by atoms with van der Waals surface area (Å²) >= 11 is 0. The number of nitrogens with two attached hydrogens (primary N) is 1. The highest BCUT2D eigenvalue weighted by Crippen LogP contribution is 2.11. The van der Waals surface area contributed by atoms with Gasteiger partial charge in [-0.1, -0.05) is 12.1 Å². The van der Waals surface area contributed by atoms with Gasteiger partial charge in [-0.3, -0.25) is 4.79 Å². The first-order chi connectivity index (χ1) is 7.65. The third-order valence-corrected chi connectivity index (χ3v) is 2.13. The Hall–Kier alpha value is -2.30. The Morgan fingerprint density at radius 3 is 2.88 bits per heavy atom. The molecule has 0 radical (unpaired) electrons. The third-order valence-electron chi connectivity index (χ3n) is 2.13. The van der Waals surface area contributed by atoms with E-state index in [-0.39, 0.29) is 17.9 Å². The molecule has 0 saturated carbocycles. The number of hydrogen-bond acceptors (Lipinski definition) is 4. The van der Waals surface area contributed by atoms with Crippen molar-refractivity contribution in [3.8, 4) is 5.75 Å². The molecule has 2 rings (SSSR count). The number of phenols is 1. The van der Waals surface area contributed by atoms with Gasteiger partial charge in [0.15, 0.2) is 0 Å². The lowest BCUT2D eigenvalue weighted by Crippen LogP contribution is -2.23. The molecule has 1 heterocycles. The Labute approximate surface area is 91.8 Å². The number of aromatic nitrogens is 2. The summed E-state index contributed by atoms with van der Waals surface area (Å²) < 4.78 is 1.25. The van der Waals surface area contributed by atoms with Gasteiger partial charge in [-0.25, -0.2) is 4.68 Å². The summed E-state index contributed by atoms with van der Waals surface area (Å²) in [6.45, 7) is 0.290. The van der Waals surface area contributed by atoms with E-state index in [0.29, 0.717) is 5.82 Å². The van der Waals surface area contributed by atoms with E-state index in [1.807, 2.05) is 0 Å². The average molecular weight is 217 g/mol. The van der Waals surface area contributed by atoms with E-state index in [1.54, 1.807) is 24.3 Å². The molecule has 0 atom stereocenters. The monoisotopic (exact) mass is 217 g/mol. The molecule has 0 saturated heterocycles. The van der Waals surface area contributed by atoms with Crippen molar-refractivity contribution in [2.45, 2.75) is 6.54 Å². The van der Waals surface area contributed by atoms with Gasteiger partial charge in [0.05, 0.1) is 6.54 Å². The number of benzene rings is 1. The van der Waals surface area contributed by atoms with Gasteiger partial charge in [-0.2, -0.15) is 5.10 Å². The van der Waals surface area contributed by atoms with Crippen molar-refractivity contribution in [1.29, 1.82) is 0 Å². The van der Waals surface area contributed by atoms with Gasteiger partial charge in [-0.15, -0.1) is 0 Å². The largest absolute Gasteiger partial charge is 0.508 e. The molecule has 0 unspecified atom stereocenters. The van der Waals surface area contributed by atoms with E-state index >= 15 is 0 Å². The van der Waals surface area contributed by atoms with Gasteiger partial charge < -0.3 is 10.8 Å². The fraction of sp³-hybridized carbons (Fsp3) is 0.0909. The summed E-state index contributed by atoms with van der Waals surface area (Å²) in [6, 6.07) is 9.49. The van der Waals surface area contributed by atoms with Crippen LogP contribution in [0.1, 0.15) is 5.56 Å². The quantitative estimate of drug-likeness (QED) is 0.771. The van der Waals surface area contributed by atoms with Crippen molar-refractivity contribution in [2.75, 3.05) is 5.73 Å². The molecule has 0 fully saturated rings. The topological polar surface area (TPSA) is 81.1 Å². The normalized spacial score (nSPS) is 10.2. The first-order valence-electron chi connectivity index (χ1n) is 4.77. The number of nitrogens with zero attached hydrogens (tertiary/aromatic N) is 2. The molecule has 0 aliphatic rings. The SMILES string of the molecule is Nc1ccc(=O)n(Cc2cccc(O)c2)n1. The Morgan fingerprint density at radius 1 is 1.31 bits per heavy atom. The molecule has 0 bridgehead atoms. The maximum Gasteiger partial charge on any atom is 0.267 e. The number of anilines is 1. The minimum Gasteiger partial charge on any atom is -0.508 e. The summed E-state index contributed by atoms with van der Waals surface area (Å²) in [5.41, 5.74) is 6.06. The number of hydrogen-bond donors (Lipinski definition) is 2. The Bertz CT molecular complexity index is 563. The second-order valence-corrected chi connectivity index (χ2v) is 3.42. The molecule has 3 N–H and O–H groups in total. The summed E-state index contributed by atoms with van der Waals surface area (Å²) in [6.07, 6.45) is 0. The molecule has 1 aromatic heterocycles. The molecule has 82 valence electrons. The molecular weight excluding hydrogens is 206 g/mol. The fourth-order valence-electron chi connectivity index (χ4n) is 1.41. The van der Waals surface area contributed by atoms with Crippen molar-refractivity contribution in [1.82, 2.24) is 9.78 Å². The molecule has 0 amide bonds. The third kappa shape index (κ3) is 2.20. The van der Waals surface area contributed by atoms with Crippen molar-refractivity contribution in [3.63, 3.8) is 0 Å². The van der Waals surface area contributed by atoms with E-state index in [2.05, 4.69) is 5.10 Å². The van der Waals surface area contributed by atoms with Crippen LogP contribution in [-0.4, -0.2) is 14.9 Å². The van der Waals surface area contributed by atoms with Crippen LogP contribution in [0.4, 0.5) is 5.82 Å². The highest BCUT2D eigenvalue weighted by Gasteiger charge is 2.00. The Balaban J connectivity index is 2.34. The number of rotatable bonds is 2. The predicted octanol–water partition coefficient (Wildman–Crippen LogP) is 0.579. The van der Waals surface area contributed by atoms with Crippen LogP contribution in [0.5, 0.6) is 5.75 Å². The number of phenolic OH excluding ortho intramolecular Hbond substituents is 1. The van der Waals surface area contributed by atoms with Crippen molar-refractivity contribution in [2.24, 2.45) is 0 Å². The minimum absolute atomic E-state index is 0.162. The summed E-state index contributed by atoms with van der Waals surface area (Å²) in [5, 5.41) is 13.2. The predicted molar refractivity (Wildman–Crippen MR) is 60.1 cm³/mol. The van der Waals surface area contributed by atoms with Crippen LogP contribution in [0.25, 0.3) is 0 Å². The van der Waals surface area contributed by atoms with E-state index in [0.717, 1.165) is 5.56 Å². The van der Waals surface area contributed by atoms with Gasteiger partial charge in [0.1, 0.15) is 11.6 Å². The van der Waals surface area contributed by atoms with E-state index < -0.39 is 0 Å². The zero-order valence-electron chi connectivity index (χ0n) is 8.50. The second-order valence-electron chi connectivity index (χ2n) is 3.42. The zero-order valence-corrected chi connectivity index (χ0v) is 8.50. The van der Waals surface area contributed by atoms with Crippen LogP contribution in [0.3, 0.4) is 0 Å². The summed E-state index contributed by atoms with van der Waals surface area (Å²) in [4.78, 5) is 11.4. The molecule has 16 heavy (non-hydrogen) atoms. The van der Waals surface area contributed by atoms with Crippen LogP contribution in [0.15, 0.2) is 41.2 Å². The van der Waals surface area contributed by atoms with Crippen LogP contribution in [0.2, 0.25) is 0 Å². The van der Waals surface area contributed by atoms with E-state index in [9.17, 15) is 9.90 Å². The van der Waals surface area contributed by atoms with Gasteiger partial charge in [0, 0.05) is 6.07 Å². The summed E-state index contributed by atoms with van der Waals surface area (Å²) in [7, 11) is 0. The number of nitrogen functional groups attached to an aromatic ring is 1. The standard InChI is InChI=1S/C11H11N3O2/c12-10-4-5-11(16)14(13-10)7-8-2-1-3-9(15)6-8/h1-6,15H,7H2,(H2,12,13). The molecule has 0 aliphatic heterocycles. The smallest absolute Gasteiger partial charge is 0.267 e. The Morgan fingerprint density at radius 2 is 2.12 bits per heavy atom. The maximum atomic E-state index is 11.4. The van der Waals surface area contributed by atoms with E-state index in [1.165, 1.54) is 16.8 Å². The van der Waals surface area contributed by atoms with Gasteiger partial charge >= 0.3 is 0 Å². The highest BCUT2D eigenvalue weighted by atomic mass is 16.3. The van der Waals surface area contributed by atoms with Gasteiger partial charge in [0.2, 0.25) is 0 Å². The number of aromatic hydroxyl groups is 1. The molecule has 5 nitrogen and oxygen atoms in total. The van der Waals surface area contributed by atoms with Crippen LogP contribution in [0, 0.1) is 0 Å². The highest BCUT2D eigenvalue weighted by molar-refractivity contribution is 5.28. The molecule has 1 aromatic carbocycles. The first kappa shape index (κ1) is 10.2. The molecule has 0 spiro atoms. The van der Waals surface area contributed by atoms with Crippen LogP contribution >= 0.6 is 0 Å². The minimum atomic E-state index is -0.224. The molecule has 0 aliphatic carbocycles. The van der Waals surface area contributed by atoms with Crippen LogP contribution in [-0.2, 0) is 6.54 Å².